The largest absolute Gasteiger partial charge is 0.497 e. The number of amides is 1. The Balaban J connectivity index is 1.91. The number of aromatic nitrogens is 2. The molecule has 1 aromatic heterocycles. The summed E-state index contributed by atoms with van der Waals surface area (Å²) in [5, 5.41) is 32.0. The minimum absolute atomic E-state index is 0.0000938. The van der Waals surface area contributed by atoms with E-state index in [1.54, 1.807) is 24.1 Å². The van der Waals surface area contributed by atoms with E-state index in [4.69, 9.17) is 18.9 Å². The van der Waals surface area contributed by atoms with E-state index in [0.717, 1.165) is 18.4 Å². The van der Waals surface area contributed by atoms with Gasteiger partial charge in [0.2, 0.25) is 0 Å². The van der Waals surface area contributed by atoms with E-state index >= 15 is 0 Å². The van der Waals surface area contributed by atoms with Crippen LogP contribution in [0.15, 0.2) is 18.2 Å². The highest BCUT2D eigenvalue weighted by molar-refractivity contribution is 5.75. The van der Waals surface area contributed by atoms with E-state index in [1.807, 2.05) is 26.8 Å². The number of aryl methyl sites for hydroxylation is 1. The number of aliphatic hydroxyl groups is 2. The molecule has 3 N–H and O–H groups in total. The molecule has 1 aliphatic rings. The summed E-state index contributed by atoms with van der Waals surface area (Å²) in [6.07, 6.45) is 2.44. The number of benzene rings is 1. The number of ether oxygens (including phenoxy) is 4. The van der Waals surface area contributed by atoms with Crippen LogP contribution in [0.4, 0.5) is 10.6 Å². The van der Waals surface area contributed by atoms with E-state index in [0.29, 0.717) is 60.1 Å². The van der Waals surface area contributed by atoms with Crippen LogP contribution in [0.3, 0.4) is 0 Å². The maximum absolute atomic E-state index is 12.6. The van der Waals surface area contributed by atoms with Crippen molar-refractivity contribution in [2.45, 2.75) is 64.7 Å². The summed E-state index contributed by atoms with van der Waals surface area (Å²) < 4.78 is 21.8. The van der Waals surface area contributed by atoms with Gasteiger partial charge in [-0.25, -0.2) is 4.79 Å². The monoisotopic (exact) mass is 532 g/mol. The van der Waals surface area contributed by atoms with Crippen molar-refractivity contribution in [3.63, 3.8) is 0 Å². The van der Waals surface area contributed by atoms with Crippen molar-refractivity contribution in [2.75, 3.05) is 46.0 Å². The number of piperidine rings is 1. The fraction of sp³-hybridized carbons (Fsp3) is 0.593. The van der Waals surface area contributed by atoms with Gasteiger partial charge < -0.3 is 39.4 Å². The Hall–Kier alpha value is -3.15. The van der Waals surface area contributed by atoms with Crippen molar-refractivity contribution in [3.05, 3.63) is 29.3 Å². The van der Waals surface area contributed by atoms with E-state index in [9.17, 15) is 15.0 Å². The predicted octanol–water partition coefficient (Wildman–Crippen LogP) is 3.36. The van der Waals surface area contributed by atoms with Crippen LogP contribution in [0.25, 0.3) is 11.3 Å². The molecule has 1 fully saturated rings. The topological polar surface area (TPSA) is 136 Å². The summed E-state index contributed by atoms with van der Waals surface area (Å²) in [6.45, 7) is 6.45. The van der Waals surface area contributed by atoms with E-state index in [2.05, 4.69) is 15.5 Å². The van der Waals surface area contributed by atoms with Crippen LogP contribution in [0.1, 0.15) is 51.2 Å². The number of hydrogen-bond donors (Lipinski definition) is 3. The molecule has 38 heavy (non-hydrogen) atoms. The molecule has 1 aromatic carbocycles. The van der Waals surface area contributed by atoms with Crippen molar-refractivity contribution in [1.29, 1.82) is 0 Å². The van der Waals surface area contributed by atoms with E-state index in [1.165, 1.54) is 7.11 Å². The Labute approximate surface area is 224 Å². The van der Waals surface area contributed by atoms with Gasteiger partial charge in [-0.15, -0.1) is 10.2 Å². The summed E-state index contributed by atoms with van der Waals surface area (Å²) in [6, 6.07) is 5.32. The Bertz CT molecular complexity index is 1070. The third kappa shape index (κ3) is 7.92. The number of carbonyl (C=O) groups excluding carboxylic acids is 1. The number of anilines is 1. The van der Waals surface area contributed by atoms with Crippen LogP contribution in [0.2, 0.25) is 0 Å². The number of hydrogen-bond acceptors (Lipinski definition) is 10. The second-order valence-electron chi connectivity index (χ2n) is 10.2. The highest BCUT2D eigenvalue weighted by Crippen LogP contribution is 2.38. The van der Waals surface area contributed by atoms with Crippen molar-refractivity contribution in [1.82, 2.24) is 15.1 Å². The quantitative estimate of drug-likeness (QED) is 0.370. The molecule has 0 spiro atoms. The summed E-state index contributed by atoms with van der Waals surface area (Å²) >= 11 is 0. The summed E-state index contributed by atoms with van der Waals surface area (Å²) in [7, 11) is 3.06. The molecule has 2 aromatic rings. The molecule has 2 heterocycles. The highest BCUT2D eigenvalue weighted by Gasteiger charge is 2.28. The fourth-order valence-corrected chi connectivity index (χ4v) is 4.36. The molecule has 3 rings (SSSR count). The maximum atomic E-state index is 12.6. The Kier molecular flexibility index (Phi) is 10.5. The second-order valence-corrected chi connectivity index (χ2v) is 10.2. The Morgan fingerprint density at radius 2 is 1.95 bits per heavy atom. The molecule has 1 atom stereocenters. The number of carbonyl (C=O) groups is 1. The van der Waals surface area contributed by atoms with Crippen LogP contribution < -0.4 is 14.8 Å². The van der Waals surface area contributed by atoms with E-state index < -0.39 is 5.60 Å². The van der Waals surface area contributed by atoms with Gasteiger partial charge in [-0.2, -0.15) is 0 Å². The second kappa shape index (κ2) is 13.6. The third-order valence-corrected chi connectivity index (χ3v) is 6.03. The first-order valence-corrected chi connectivity index (χ1v) is 12.8. The Morgan fingerprint density at radius 1 is 1.16 bits per heavy atom. The van der Waals surface area contributed by atoms with Crippen LogP contribution in [0, 0.1) is 0 Å². The number of nitrogens with one attached hydrogen (secondary N) is 1. The molecule has 210 valence electrons. The zero-order valence-corrected chi connectivity index (χ0v) is 23.0. The Morgan fingerprint density at radius 3 is 2.61 bits per heavy atom. The molecular weight excluding hydrogens is 492 g/mol. The van der Waals surface area contributed by atoms with Gasteiger partial charge >= 0.3 is 6.09 Å². The van der Waals surface area contributed by atoms with Gasteiger partial charge in [-0.05, 0) is 69.7 Å². The number of aliphatic hydroxyl groups excluding tert-OH is 2. The third-order valence-electron chi connectivity index (χ3n) is 6.03. The van der Waals surface area contributed by atoms with Crippen LogP contribution >= 0.6 is 0 Å². The first-order chi connectivity index (χ1) is 18.2. The van der Waals surface area contributed by atoms with Crippen molar-refractivity contribution in [2.24, 2.45) is 0 Å². The van der Waals surface area contributed by atoms with Gasteiger partial charge in [0.15, 0.2) is 6.79 Å². The summed E-state index contributed by atoms with van der Waals surface area (Å²) in [5.74, 6) is 1.53. The van der Waals surface area contributed by atoms with Crippen LogP contribution in [-0.2, 0) is 22.5 Å². The van der Waals surface area contributed by atoms with Crippen molar-refractivity contribution >= 4 is 11.9 Å². The lowest BCUT2D eigenvalue weighted by Gasteiger charge is -2.34. The van der Waals surface area contributed by atoms with Crippen LogP contribution in [0.5, 0.6) is 11.5 Å². The molecule has 11 heteroatoms. The average molecular weight is 533 g/mol. The minimum Gasteiger partial charge on any atom is -0.497 e. The molecule has 1 aliphatic heterocycles. The fourth-order valence-electron chi connectivity index (χ4n) is 4.36. The number of likely N-dealkylation sites (tertiary alicyclic amines) is 1. The van der Waals surface area contributed by atoms with Gasteiger partial charge in [0.25, 0.3) is 0 Å². The molecule has 0 radical (unpaired) electrons. The van der Waals surface area contributed by atoms with Crippen LogP contribution in [-0.4, -0.2) is 83.8 Å². The van der Waals surface area contributed by atoms with Gasteiger partial charge in [0, 0.05) is 38.9 Å². The van der Waals surface area contributed by atoms with Gasteiger partial charge in [-0.3, -0.25) is 0 Å². The molecular formula is C27H40N4O7. The lowest BCUT2D eigenvalue weighted by Crippen LogP contribution is -2.47. The molecule has 0 aliphatic carbocycles. The number of nitrogens with zero attached hydrogens (tertiary/aromatic N) is 3. The maximum Gasteiger partial charge on any atom is 0.410 e. The minimum atomic E-state index is -0.554. The van der Waals surface area contributed by atoms with Crippen molar-refractivity contribution in [3.8, 4) is 22.8 Å². The first-order valence-electron chi connectivity index (χ1n) is 12.8. The van der Waals surface area contributed by atoms with Gasteiger partial charge in [0.1, 0.15) is 28.6 Å². The summed E-state index contributed by atoms with van der Waals surface area (Å²) in [4.78, 5) is 14.3. The molecule has 11 nitrogen and oxygen atoms in total. The molecule has 1 amide bonds. The lowest BCUT2D eigenvalue weighted by molar-refractivity contribution is 0.0206. The molecule has 0 saturated carbocycles. The zero-order valence-electron chi connectivity index (χ0n) is 23.0. The first kappa shape index (κ1) is 29.4. The standard InChI is InChI=1S/C27H40N4O7/c1-27(2,3)38-26(34)31-10-6-9-20(15-31)28-23-13-18(8-7-11-32)25(30-29-23)24-19(16-33)12-21(36-5)14-22(24)37-17-35-4/h12-14,20,32-33H,6-11,15-17H2,1-5H3,(H,28,29)/t20-/m1/s1. The number of methoxy groups -OCH3 is 2. The SMILES string of the molecule is COCOc1cc(OC)cc(CO)c1-c1nnc(N[C@@H]2CCCN(C(=O)OC(C)(C)C)C2)cc1CCCO. The zero-order chi connectivity index (χ0) is 27.7. The molecule has 1 saturated heterocycles. The summed E-state index contributed by atoms with van der Waals surface area (Å²) in [5.41, 5.74) is 1.97. The predicted molar refractivity (Wildman–Crippen MR) is 142 cm³/mol. The van der Waals surface area contributed by atoms with Gasteiger partial charge in [-0.1, -0.05) is 0 Å². The smallest absolute Gasteiger partial charge is 0.410 e. The molecule has 0 unspecified atom stereocenters. The normalized spacial score (nSPS) is 15.8. The highest BCUT2D eigenvalue weighted by atomic mass is 16.7. The molecule has 0 bridgehead atoms. The average Bonchev–Trinajstić information content (AvgIpc) is 2.89. The van der Waals surface area contributed by atoms with Gasteiger partial charge in [0.05, 0.1) is 19.3 Å². The van der Waals surface area contributed by atoms with Crippen molar-refractivity contribution < 1.29 is 34.0 Å². The number of rotatable bonds is 11. The lowest BCUT2D eigenvalue weighted by atomic mass is 9.97. The van der Waals surface area contributed by atoms with E-state index in [-0.39, 0.29) is 32.1 Å².